The monoisotopic (exact) mass is 300 g/mol. The van der Waals surface area contributed by atoms with E-state index in [-0.39, 0.29) is 12.1 Å². The van der Waals surface area contributed by atoms with Crippen LogP contribution in [0.15, 0.2) is 34.8 Å². The van der Waals surface area contributed by atoms with Crippen LogP contribution in [0.2, 0.25) is 0 Å². The molecule has 3 rings (SSSR count). The molecule has 4 heteroatoms. The lowest BCUT2D eigenvalue weighted by Gasteiger charge is -2.20. The summed E-state index contributed by atoms with van der Waals surface area (Å²) in [6, 6.07) is 7.57. The molecule has 1 aliphatic rings. The molecule has 0 amide bonds. The average molecular weight is 300 g/mol. The zero-order chi connectivity index (χ0) is 15.4. The Hall–Kier alpha value is -2.23. The summed E-state index contributed by atoms with van der Waals surface area (Å²) in [5, 5.41) is 0.944. The van der Waals surface area contributed by atoms with Gasteiger partial charge in [0.2, 0.25) is 0 Å². The van der Waals surface area contributed by atoms with Crippen LogP contribution in [0.3, 0.4) is 0 Å². The molecule has 1 fully saturated rings. The minimum Gasteiger partial charge on any atom is -0.493 e. The van der Waals surface area contributed by atoms with Gasteiger partial charge in [0, 0.05) is 11.5 Å². The van der Waals surface area contributed by atoms with E-state index < -0.39 is 0 Å². The van der Waals surface area contributed by atoms with Crippen molar-refractivity contribution in [1.29, 1.82) is 0 Å². The van der Waals surface area contributed by atoms with Crippen molar-refractivity contribution in [3.05, 3.63) is 36.1 Å². The van der Waals surface area contributed by atoms with Crippen LogP contribution in [0.25, 0.3) is 17.0 Å². The fraction of sp³-hybridized carbons (Fsp3) is 0.389. The lowest BCUT2D eigenvalue weighted by Crippen LogP contribution is -2.19. The largest absolute Gasteiger partial charge is 0.493 e. The van der Waals surface area contributed by atoms with Crippen LogP contribution in [0, 0.1) is 0 Å². The summed E-state index contributed by atoms with van der Waals surface area (Å²) >= 11 is 0. The van der Waals surface area contributed by atoms with Crippen molar-refractivity contribution < 1.29 is 18.7 Å². The number of benzene rings is 1. The number of methoxy groups -OCH3 is 1. The van der Waals surface area contributed by atoms with Gasteiger partial charge in [-0.1, -0.05) is 18.6 Å². The molecule has 0 aliphatic heterocycles. The van der Waals surface area contributed by atoms with Gasteiger partial charge in [0.15, 0.2) is 11.3 Å². The number of rotatable bonds is 4. The second-order valence-corrected chi connectivity index (χ2v) is 5.56. The Balaban J connectivity index is 1.68. The number of furan rings is 1. The first-order valence-electron chi connectivity index (χ1n) is 7.71. The lowest BCUT2D eigenvalue weighted by atomic mass is 9.98. The van der Waals surface area contributed by atoms with Gasteiger partial charge in [-0.3, -0.25) is 0 Å². The predicted octanol–water partition coefficient (Wildman–Crippen LogP) is 4.33. The summed E-state index contributed by atoms with van der Waals surface area (Å²) in [4.78, 5) is 11.8. The smallest absolute Gasteiger partial charge is 0.331 e. The fourth-order valence-corrected chi connectivity index (χ4v) is 2.84. The van der Waals surface area contributed by atoms with Crippen molar-refractivity contribution in [1.82, 2.24) is 0 Å². The number of carbonyl (C=O) groups is 1. The second-order valence-electron chi connectivity index (χ2n) is 5.56. The van der Waals surface area contributed by atoms with Crippen LogP contribution in [0.4, 0.5) is 0 Å². The van der Waals surface area contributed by atoms with Crippen molar-refractivity contribution in [3.63, 3.8) is 0 Å². The van der Waals surface area contributed by atoms with Gasteiger partial charge in [0.25, 0.3) is 0 Å². The lowest BCUT2D eigenvalue weighted by molar-refractivity contribution is -0.144. The van der Waals surface area contributed by atoms with Gasteiger partial charge in [-0.25, -0.2) is 4.79 Å². The molecule has 0 spiro atoms. The van der Waals surface area contributed by atoms with E-state index in [0.29, 0.717) is 17.1 Å². The Bertz CT molecular complexity index is 677. The Morgan fingerprint density at radius 3 is 2.86 bits per heavy atom. The van der Waals surface area contributed by atoms with E-state index in [0.717, 1.165) is 31.1 Å². The van der Waals surface area contributed by atoms with E-state index in [1.807, 2.05) is 24.3 Å². The van der Waals surface area contributed by atoms with Gasteiger partial charge in [0.05, 0.1) is 7.11 Å². The van der Waals surface area contributed by atoms with Gasteiger partial charge in [-0.05, 0) is 43.9 Å². The highest BCUT2D eigenvalue weighted by Gasteiger charge is 2.16. The fourth-order valence-electron chi connectivity index (χ4n) is 2.84. The van der Waals surface area contributed by atoms with E-state index in [1.165, 1.54) is 12.5 Å². The molecule has 1 aromatic carbocycles. The number of hydrogen-bond acceptors (Lipinski definition) is 4. The SMILES string of the molecule is COc1cccc2cc(/C=C/C(=O)OC3CCCCC3)oc12. The molecule has 1 aliphatic carbocycles. The maximum Gasteiger partial charge on any atom is 0.331 e. The first kappa shape index (κ1) is 14.7. The van der Waals surface area contributed by atoms with Crippen LogP contribution in [-0.4, -0.2) is 19.2 Å². The second kappa shape index (κ2) is 6.69. The summed E-state index contributed by atoms with van der Waals surface area (Å²) in [5.74, 6) is 0.987. The summed E-state index contributed by atoms with van der Waals surface area (Å²) in [7, 11) is 1.61. The zero-order valence-corrected chi connectivity index (χ0v) is 12.7. The molecule has 2 aromatic rings. The predicted molar refractivity (Wildman–Crippen MR) is 84.8 cm³/mol. The molecule has 0 bridgehead atoms. The Kier molecular flexibility index (Phi) is 4.47. The maximum atomic E-state index is 11.8. The Labute approximate surface area is 129 Å². The normalized spacial score (nSPS) is 16.2. The molecule has 0 N–H and O–H groups in total. The molecule has 1 heterocycles. The van der Waals surface area contributed by atoms with Gasteiger partial charge in [0.1, 0.15) is 11.9 Å². The molecule has 0 saturated heterocycles. The summed E-state index contributed by atoms with van der Waals surface area (Å²) in [6.07, 6.45) is 8.62. The standard InChI is InChI=1S/C18H20O4/c1-20-16-9-5-6-13-12-15(22-18(13)16)10-11-17(19)21-14-7-3-2-4-8-14/h5-6,9-12,14H,2-4,7-8H2,1H3/b11-10+. The molecule has 4 nitrogen and oxygen atoms in total. The van der Waals surface area contributed by atoms with Crippen LogP contribution in [-0.2, 0) is 9.53 Å². The molecular weight excluding hydrogens is 280 g/mol. The maximum absolute atomic E-state index is 11.8. The highest BCUT2D eigenvalue weighted by Crippen LogP contribution is 2.29. The number of para-hydroxylation sites is 1. The first-order valence-corrected chi connectivity index (χ1v) is 7.71. The van der Waals surface area contributed by atoms with Crippen LogP contribution in [0.5, 0.6) is 5.75 Å². The third-order valence-corrected chi connectivity index (χ3v) is 3.97. The van der Waals surface area contributed by atoms with E-state index in [2.05, 4.69) is 0 Å². The van der Waals surface area contributed by atoms with Crippen LogP contribution < -0.4 is 4.74 Å². The summed E-state index contributed by atoms with van der Waals surface area (Å²) in [5.41, 5.74) is 0.685. The van der Waals surface area contributed by atoms with Crippen LogP contribution in [0.1, 0.15) is 37.9 Å². The molecule has 22 heavy (non-hydrogen) atoms. The quantitative estimate of drug-likeness (QED) is 0.623. The molecule has 0 unspecified atom stereocenters. The van der Waals surface area contributed by atoms with Crippen molar-refractivity contribution in [3.8, 4) is 5.75 Å². The highest BCUT2D eigenvalue weighted by atomic mass is 16.5. The molecule has 0 radical (unpaired) electrons. The molecular formula is C18H20O4. The van der Waals surface area contributed by atoms with Crippen molar-refractivity contribution in [2.75, 3.05) is 7.11 Å². The third kappa shape index (κ3) is 3.32. The summed E-state index contributed by atoms with van der Waals surface area (Å²) in [6.45, 7) is 0. The van der Waals surface area contributed by atoms with E-state index in [9.17, 15) is 4.79 Å². The highest BCUT2D eigenvalue weighted by molar-refractivity contribution is 5.89. The van der Waals surface area contributed by atoms with E-state index in [1.54, 1.807) is 13.2 Å². The van der Waals surface area contributed by atoms with Crippen molar-refractivity contribution >= 4 is 23.0 Å². The Morgan fingerprint density at radius 2 is 2.09 bits per heavy atom. The first-order chi connectivity index (χ1) is 10.8. The van der Waals surface area contributed by atoms with Crippen molar-refractivity contribution in [2.24, 2.45) is 0 Å². The molecule has 116 valence electrons. The molecule has 1 aromatic heterocycles. The topological polar surface area (TPSA) is 48.7 Å². The molecule has 1 saturated carbocycles. The number of hydrogen-bond donors (Lipinski definition) is 0. The molecule has 0 atom stereocenters. The third-order valence-electron chi connectivity index (χ3n) is 3.97. The van der Waals surface area contributed by atoms with Gasteiger partial charge >= 0.3 is 5.97 Å². The number of carbonyl (C=O) groups excluding carboxylic acids is 1. The average Bonchev–Trinajstić information content (AvgIpc) is 2.97. The minimum absolute atomic E-state index is 0.0710. The summed E-state index contributed by atoms with van der Waals surface area (Å²) < 4.78 is 16.4. The number of fused-ring (bicyclic) bond motifs is 1. The van der Waals surface area contributed by atoms with Crippen molar-refractivity contribution in [2.45, 2.75) is 38.2 Å². The van der Waals surface area contributed by atoms with E-state index >= 15 is 0 Å². The Morgan fingerprint density at radius 1 is 1.27 bits per heavy atom. The van der Waals surface area contributed by atoms with Gasteiger partial charge in [-0.15, -0.1) is 0 Å². The minimum atomic E-state index is -0.306. The zero-order valence-electron chi connectivity index (χ0n) is 12.7. The van der Waals surface area contributed by atoms with E-state index in [4.69, 9.17) is 13.9 Å². The van der Waals surface area contributed by atoms with Crippen LogP contribution >= 0.6 is 0 Å². The number of ether oxygens (including phenoxy) is 2. The van der Waals surface area contributed by atoms with Gasteiger partial charge < -0.3 is 13.9 Å². The van der Waals surface area contributed by atoms with Gasteiger partial charge in [-0.2, -0.15) is 0 Å². The number of esters is 1.